The number of amides is 3. The van der Waals surface area contributed by atoms with Crippen molar-refractivity contribution in [2.75, 3.05) is 11.9 Å². The van der Waals surface area contributed by atoms with Gasteiger partial charge in [-0.2, -0.15) is 0 Å². The number of hydrogen-bond donors (Lipinski definition) is 2. The molecule has 1 heterocycles. The molecule has 1 saturated carbocycles. The number of hydrogen-bond acceptors (Lipinski definition) is 5. The Bertz CT molecular complexity index is 1230. The van der Waals surface area contributed by atoms with E-state index in [1.165, 1.54) is 29.2 Å². The lowest BCUT2D eigenvalue weighted by Crippen LogP contribution is -2.40. The molecule has 0 bridgehead atoms. The number of sulfonamides is 1. The van der Waals surface area contributed by atoms with Crippen LogP contribution < -0.4 is 10.0 Å². The van der Waals surface area contributed by atoms with Crippen LogP contribution in [0.2, 0.25) is 0 Å². The van der Waals surface area contributed by atoms with Gasteiger partial charge in [-0.05, 0) is 48.7 Å². The van der Waals surface area contributed by atoms with Gasteiger partial charge in [0.25, 0.3) is 17.7 Å². The number of fused-ring (bicyclic) bond motifs is 1. The zero-order chi connectivity index (χ0) is 24.3. The van der Waals surface area contributed by atoms with Crippen molar-refractivity contribution in [1.82, 2.24) is 9.62 Å². The van der Waals surface area contributed by atoms with Gasteiger partial charge in [-0.3, -0.25) is 19.3 Å². The molecule has 178 valence electrons. The van der Waals surface area contributed by atoms with Crippen LogP contribution in [0.3, 0.4) is 0 Å². The topological polar surface area (TPSA) is 113 Å². The van der Waals surface area contributed by atoms with Crippen LogP contribution >= 0.6 is 0 Å². The number of anilines is 1. The van der Waals surface area contributed by atoms with Crippen molar-refractivity contribution in [3.8, 4) is 0 Å². The van der Waals surface area contributed by atoms with E-state index in [1.807, 2.05) is 0 Å². The van der Waals surface area contributed by atoms with Crippen LogP contribution in [-0.2, 0) is 15.8 Å². The molecule has 2 N–H and O–H groups in total. The summed E-state index contributed by atoms with van der Waals surface area (Å²) in [5.74, 6) is -1.23. The standard InChI is InChI=1S/C25H27N3O5S/c1-2-14-26-34(32,33)16-17-8-11-19(12-9-17)27-23(29)18-10-13-21-22(15-18)25(31)28(24(21)30)20-6-4-3-5-7-20/h2,8-13,15,20,26H,1,3-7,14,16H2,(H,27,29). The van der Waals surface area contributed by atoms with E-state index in [4.69, 9.17) is 0 Å². The van der Waals surface area contributed by atoms with Crippen LogP contribution in [0.4, 0.5) is 5.69 Å². The normalized spacial score (nSPS) is 16.4. The van der Waals surface area contributed by atoms with Gasteiger partial charge < -0.3 is 5.32 Å². The summed E-state index contributed by atoms with van der Waals surface area (Å²) in [6.45, 7) is 3.64. The summed E-state index contributed by atoms with van der Waals surface area (Å²) in [4.78, 5) is 39.9. The Kier molecular flexibility index (Phi) is 6.95. The number of nitrogens with zero attached hydrogens (tertiary/aromatic N) is 1. The Hall–Kier alpha value is -3.30. The van der Waals surface area contributed by atoms with E-state index in [9.17, 15) is 22.8 Å². The highest BCUT2D eigenvalue weighted by Crippen LogP contribution is 2.31. The predicted molar refractivity (Wildman–Crippen MR) is 129 cm³/mol. The first-order valence-electron chi connectivity index (χ1n) is 11.3. The molecule has 1 aliphatic heterocycles. The number of imide groups is 1. The number of rotatable bonds is 8. The predicted octanol–water partition coefficient (Wildman–Crippen LogP) is 3.47. The fourth-order valence-corrected chi connectivity index (χ4v) is 5.52. The van der Waals surface area contributed by atoms with Gasteiger partial charge in [0, 0.05) is 23.8 Å². The number of carbonyl (C=O) groups excluding carboxylic acids is 3. The van der Waals surface area contributed by atoms with Crippen molar-refractivity contribution in [2.24, 2.45) is 0 Å². The maximum absolute atomic E-state index is 13.0. The average molecular weight is 482 g/mol. The van der Waals surface area contributed by atoms with Gasteiger partial charge >= 0.3 is 0 Å². The lowest BCUT2D eigenvalue weighted by molar-refractivity contribution is 0.0548. The largest absolute Gasteiger partial charge is 0.322 e. The third-order valence-corrected chi connectivity index (χ3v) is 7.46. The Morgan fingerprint density at radius 1 is 1.00 bits per heavy atom. The molecular weight excluding hydrogens is 454 g/mol. The van der Waals surface area contributed by atoms with Crippen LogP contribution in [-0.4, -0.2) is 43.6 Å². The smallest absolute Gasteiger partial charge is 0.261 e. The molecule has 1 aliphatic carbocycles. The minimum Gasteiger partial charge on any atom is -0.322 e. The summed E-state index contributed by atoms with van der Waals surface area (Å²) >= 11 is 0. The molecule has 2 aromatic carbocycles. The highest BCUT2D eigenvalue weighted by atomic mass is 32.2. The van der Waals surface area contributed by atoms with E-state index in [0.717, 1.165) is 32.1 Å². The second-order valence-electron chi connectivity index (χ2n) is 8.58. The second-order valence-corrected chi connectivity index (χ2v) is 10.4. The summed E-state index contributed by atoms with van der Waals surface area (Å²) in [7, 11) is -3.48. The third kappa shape index (κ3) is 5.10. The Labute approximate surface area is 199 Å². The van der Waals surface area contributed by atoms with Crippen LogP contribution in [0, 0.1) is 0 Å². The minimum absolute atomic E-state index is 0.0762. The monoisotopic (exact) mass is 481 g/mol. The summed E-state index contributed by atoms with van der Waals surface area (Å²) in [6.07, 6.45) is 6.23. The van der Waals surface area contributed by atoms with Crippen LogP contribution in [0.25, 0.3) is 0 Å². The van der Waals surface area contributed by atoms with Gasteiger partial charge in [-0.25, -0.2) is 13.1 Å². The van der Waals surface area contributed by atoms with E-state index < -0.39 is 15.9 Å². The Morgan fingerprint density at radius 2 is 1.68 bits per heavy atom. The first-order chi connectivity index (χ1) is 16.3. The zero-order valence-electron chi connectivity index (χ0n) is 18.7. The highest BCUT2D eigenvalue weighted by Gasteiger charge is 2.40. The van der Waals surface area contributed by atoms with Crippen molar-refractivity contribution in [3.05, 3.63) is 77.4 Å². The molecule has 1 fully saturated rings. The quantitative estimate of drug-likeness (QED) is 0.443. The molecule has 4 rings (SSSR count). The molecule has 0 aromatic heterocycles. The van der Waals surface area contributed by atoms with Crippen LogP contribution in [0.1, 0.15) is 68.7 Å². The van der Waals surface area contributed by atoms with E-state index >= 15 is 0 Å². The number of benzene rings is 2. The molecule has 0 atom stereocenters. The summed E-state index contributed by atoms with van der Waals surface area (Å²) in [5.41, 5.74) is 1.92. The summed E-state index contributed by atoms with van der Waals surface area (Å²) in [6, 6.07) is 10.9. The highest BCUT2D eigenvalue weighted by molar-refractivity contribution is 7.88. The summed E-state index contributed by atoms with van der Waals surface area (Å²) < 4.78 is 26.4. The second kappa shape index (κ2) is 9.90. The SMILES string of the molecule is C=CCNS(=O)(=O)Cc1ccc(NC(=O)c2ccc3c(c2)C(=O)N(C2CCCCC2)C3=O)cc1. The number of carbonyl (C=O) groups is 3. The van der Waals surface area contributed by atoms with Gasteiger partial charge in [-0.15, -0.1) is 6.58 Å². The van der Waals surface area contributed by atoms with Crippen molar-refractivity contribution in [3.63, 3.8) is 0 Å². The molecule has 0 radical (unpaired) electrons. The van der Waals surface area contributed by atoms with Crippen molar-refractivity contribution >= 4 is 33.4 Å². The van der Waals surface area contributed by atoms with Crippen molar-refractivity contribution < 1.29 is 22.8 Å². The van der Waals surface area contributed by atoms with Crippen molar-refractivity contribution in [1.29, 1.82) is 0 Å². The van der Waals surface area contributed by atoms with Crippen LogP contribution in [0.5, 0.6) is 0 Å². The lowest BCUT2D eigenvalue weighted by Gasteiger charge is -2.29. The van der Waals surface area contributed by atoms with Crippen molar-refractivity contribution in [2.45, 2.75) is 43.9 Å². The fraction of sp³-hybridized carbons (Fsp3) is 0.320. The molecule has 3 amide bonds. The Balaban J connectivity index is 1.44. The average Bonchev–Trinajstić information content (AvgIpc) is 3.08. The summed E-state index contributed by atoms with van der Waals surface area (Å²) in [5, 5.41) is 2.75. The van der Waals surface area contributed by atoms with E-state index in [2.05, 4.69) is 16.6 Å². The maximum Gasteiger partial charge on any atom is 0.261 e. The van der Waals surface area contributed by atoms with Crippen LogP contribution in [0.15, 0.2) is 55.1 Å². The minimum atomic E-state index is -3.48. The number of nitrogens with one attached hydrogen (secondary N) is 2. The first kappa shape index (κ1) is 23.8. The fourth-order valence-electron chi connectivity index (χ4n) is 4.42. The Morgan fingerprint density at radius 3 is 2.35 bits per heavy atom. The first-order valence-corrected chi connectivity index (χ1v) is 12.9. The van der Waals surface area contributed by atoms with Gasteiger partial charge in [0.05, 0.1) is 16.9 Å². The molecule has 34 heavy (non-hydrogen) atoms. The van der Waals surface area contributed by atoms with Gasteiger partial charge in [0.15, 0.2) is 0 Å². The molecule has 0 unspecified atom stereocenters. The maximum atomic E-state index is 13.0. The molecule has 8 nitrogen and oxygen atoms in total. The van der Waals surface area contributed by atoms with E-state index in [0.29, 0.717) is 16.8 Å². The van der Waals surface area contributed by atoms with E-state index in [-0.39, 0.29) is 41.3 Å². The molecule has 9 heteroatoms. The molecule has 0 saturated heterocycles. The molecule has 0 spiro atoms. The van der Waals surface area contributed by atoms with Gasteiger partial charge in [0.2, 0.25) is 10.0 Å². The molecule has 2 aromatic rings. The van der Waals surface area contributed by atoms with E-state index in [1.54, 1.807) is 24.3 Å². The lowest BCUT2D eigenvalue weighted by atomic mass is 9.94. The zero-order valence-corrected chi connectivity index (χ0v) is 19.6. The molecular formula is C25H27N3O5S. The van der Waals surface area contributed by atoms with Gasteiger partial charge in [0.1, 0.15) is 0 Å². The third-order valence-electron chi connectivity index (χ3n) is 6.14. The van der Waals surface area contributed by atoms with Gasteiger partial charge in [-0.1, -0.05) is 37.5 Å². The molecule has 2 aliphatic rings.